The molecule has 2 aliphatic rings. The van der Waals surface area contributed by atoms with Gasteiger partial charge in [0, 0.05) is 37.1 Å². The molecule has 0 radical (unpaired) electrons. The fourth-order valence-electron chi connectivity index (χ4n) is 4.33. The summed E-state index contributed by atoms with van der Waals surface area (Å²) in [6.45, 7) is 13.9. The quantitative estimate of drug-likeness (QED) is 0.688. The van der Waals surface area contributed by atoms with Gasteiger partial charge in [-0.25, -0.2) is 4.90 Å². The molecular weight excluding hydrogens is 278 g/mol. The monoisotopic (exact) mass is 311 g/mol. The molecule has 0 N–H and O–H groups in total. The molecule has 0 saturated carbocycles. The summed E-state index contributed by atoms with van der Waals surface area (Å²) in [4.78, 5) is 16.8. The zero-order valence-corrected chi connectivity index (χ0v) is 15.1. The zero-order chi connectivity index (χ0) is 16.7. The summed E-state index contributed by atoms with van der Waals surface area (Å²) >= 11 is 0. The largest absolute Gasteiger partial charge is 0.498 e. The summed E-state index contributed by atoms with van der Waals surface area (Å²) in [5.74, 6) is 0. The summed E-state index contributed by atoms with van der Waals surface area (Å²) < 4.78 is 0.0458. The molecule has 0 aromatic rings. The third-order valence-corrected chi connectivity index (χ3v) is 5.69. The van der Waals surface area contributed by atoms with Gasteiger partial charge in [0.25, 0.3) is 6.09 Å². The van der Waals surface area contributed by atoms with Gasteiger partial charge in [-0.3, -0.25) is 9.38 Å². The third-order valence-electron chi connectivity index (χ3n) is 5.69. The highest BCUT2D eigenvalue weighted by molar-refractivity contribution is 5.54. The van der Waals surface area contributed by atoms with Crippen LogP contribution in [0.4, 0.5) is 4.79 Å². The molecule has 2 saturated heterocycles. The van der Waals surface area contributed by atoms with Crippen molar-refractivity contribution in [1.82, 2.24) is 9.80 Å². The number of likely N-dealkylation sites (tertiary alicyclic amines) is 1. The Labute approximate surface area is 135 Å². The Hall–Kier alpha value is -0.650. The van der Waals surface area contributed by atoms with Crippen molar-refractivity contribution in [3.63, 3.8) is 0 Å². The van der Waals surface area contributed by atoms with Crippen LogP contribution in [0, 0.1) is 0 Å². The van der Waals surface area contributed by atoms with Gasteiger partial charge in [-0.05, 0) is 47.5 Å². The Morgan fingerprint density at radius 1 is 1.14 bits per heavy atom. The van der Waals surface area contributed by atoms with E-state index in [9.17, 15) is 9.90 Å². The van der Waals surface area contributed by atoms with Crippen LogP contribution in [-0.2, 0) is 0 Å². The molecule has 0 spiro atoms. The maximum Gasteiger partial charge on any atom is 0.258 e. The lowest BCUT2D eigenvalue weighted by Gasteiger charge is -2.56. The molecule has 5 nitrogen and oxygen atoms in total. The van der Waals surface area contributed by atoms with E-state index in [-0.39, 0.29) is 16.2 Å². The number of quaternary nitrogens is 1. The van der Waals surface area contributed by atoms with E-state index in [0.717, 1.165) is 32.4 Å². The standard InChI is InChI=1S/C17H33N3O2/c1-13-11-18(17(3,4)5)12-14(2)19(13)15-9-7-8-10-20(15,6)16(21)22/h13-15H,7-12H2,1-6H3. The topological polar surface area (TPSA) is 46.6 Å². The molecule has 4 atom stereocenters. The highest BCUT2D eigenvalue weighted by Crippen LogP contribution is 2.32. The van der Waals surface area contributed by atoms with Crippen molar-refractivity contribution in [1.29, 1.82) is 0 Å². The van der Waals surface area contributed by atoms with E-state index in [1.54, 1.807) is 0 Å². The predicted octanol–water partition coefficient (Wildman–Crippen LogP) is 1.48. The molecule has 128 valence electrons. The van der Waals surface area contributed by atoms with Crippen LogP contribution in [0.2, 0.25) is 0 Å². The van der Waals surface area contributed by atoms with E-state index < -0.39 is 6.09 Å². The highest BCUT2D eigenvalue weighted by Gasteiger charge is 2.47. The second-order valence-electron chi connectivity index (χ2n) is 8.45. The first-order valence-electron chi connectivity index (χ1n) is 8.66. The highest BCUT2D eigenvalue weighted by atomic mass is 16.4. The minimum absolute atomic E-state index is 0.0458. The molecular formula is C17H33N3O2. The fraction of sp³-hybridized carbons (Fsp3) is 0.941. The summed E-state index contributed by atoms with van der Waals surface area (Å²) in [5.41, 5.74) is 0.160. The van der Waals surface area contributed by atoms with Crippen LogP contribution < -0.4 is 5.11 Å². The fourth-order valence-corrected chi connectivity index (χ4v) is 4.33. The van der Waals surface area contributed by atoms with E-state index in [4.69, 9.17) is 0 Å². The Balaban J connectivity index is 2.22. The molecule has 22 heavy (non-hydrogen) atoms. The van der Waals surface area contributed by atoms with Crippen molar-refractivity contribution < 1.29 is 14.4 Å². The molecule has 0 aromatic carbocycles. The van der Waals surface area contributed by atoms with Gasteiger partial charge in [0.15, 0.2) is 6.17 Å². The van der Waals surface area contributed by atoms with Crippen LogP contribution in [0.1, 0.15) is 53.9 Å². The van der Waals surface area contributed by atoms with Crippen molar-refractivity contribution in [3.05, 3.63) is 0 Å². The second-order valence-corrected chi connectivity index (χ2v) is 8.45. The summed E-state index contributed by atoms with van der Waals surface area (Å²) in [6.07, 6.45) is 2.17. The van der Waals surface area contributed by atoms with Gasteiger partial charge in [-0.2, -0.15) is 0 Å². The Morgan fingerprint density at radius 3 is 2.14 bits per heavy atom. The minimum Gasteiger partial charge on any atom is -0.498 e. The van der Waals surface area contributed by atoms with E-state index in [1.165, 1.54) is 0 Å². The molecule has 2 heterocycles. The first kappa shape index (κ1) is 17.7. The molecule has 0 aromatic heterocycles. The zero-order valence-electron chi connectivity index (χ0n) is 15.1. The third kappa shape index (κ3) is 3.17. The minimum atomic E-state index is -0.928. The van der Waals surface area contributed by atoms with Gasteiger partial charge >= 0.3 is 0 Å². The van der Waals surface area contributed by atoms with Crippen LogP contribution in [0.3, 0.4) is 0 Å². The van der Waals surface area contributed by atoms with E-state index >= 15 is 0 Å². The molecule has 0 aliphatic carbocycles. The van der Waals surface area contributed by atoms with Crippen molar-refractivity contribution in [3.8, 4) is 0 Å². The van der Waals surface area contributed by atoms with Crippen molar-refractivity contribution in [2.75, 3.05) is 26.7 Å². The van der Waals surface area contributed by atoms with Crippen molar-refractivity contribution in [2.24, 2.45) is 0 Å². The van der Waals surface area contributed by atoms with Gasteiger partial charge in [0.2, 0.25) is 0 Å². The normalized spacial score (nSPS) is 38.9. The van der Waals surface area contributed by atoms with Gasteiger partial charge in [0.05, 0.1) is 13.6 Å². The Bertz CT molecular complexity index is 409. The number of carbonyl (C=O) groups is 1. The average Bonchev–Trinajstić information content (AvgIpc) is 2.38. The van der Waals surface area contributed by atoms with Crippen molar-refractivity contribution in [2.45, 2.75) is 77.7 Å². The lowest BCUT2D eigenvalue weighted by molar-refractivity contribution is -0.900. The SMILES string of the molecule is CC1CN(C(C)(C)C)CC(C)N1C1CCCC[N+]1(C)C(=O)[O-]. The van der Waals surface area contributed by atoms with Crippen LogP contribution in [0.5, 0.6) is 0 Å². The van der Waals surface area contributed by atoms with Crippen LogP contribution in [0.25, 0.3) is 0 Å². The van der Waals surface area contributed by atoms with Gasteiger partial charge in [-0.1, -0.05) is 0 Å². The maximum atomic E-state index is 11.8. The van der Waals surface area contributed by atoms with Crippen LogP contribution >= 0.6 is 0 Å². The lowest BCUT2D eigenvalue weighted by Crippen LogP contribution is -2.73. The number of carboxylic acid groups (broad SMARTS) is 1. The first-order chi connectivity index (χ1) is 10.1. The number of amides is 1. The number of hydrogen-bond donors (Lipinski definition) is 0. The van der Waals surface area contributed by atoms with Gasteiger partial charge in [0.1, 0.15) is 0 Å². The number of nitrogens with zero attached hydrogens (tertiary/aromatic N) is 3. The lowest BCUT2D eigenvalue weighted by atomic mass is 9.96. The molecule has 4 unspecified atom stereocenters. The summed E-state index contributed by atoms with van der Waals surface area (Å²) in [5, 5.41) is 11.8. The Kier molecular flexibility index (Phi) is 4.91. The average molecular weight is 311 g/mol. The molecule has 2 fully saturated rings. The number of piperazine rings is 1. The van der Waals surface area contributed by atoms with Crippen LogP contribution in [0.15, 0.2) is 0 Å². The van der Waals surface area contributed by atoms with Crippen molar-refractivity contribution >= 4 is 6.09 Å². The second kappa shape index (κ2) is 6.10. The molecule has 0 bridgehead atoms. The van der Waals surface area contributed by atoms with E-state index in [1.807, 2.05) is 7.05 Å². The maximum absolute atomic E-state index is 11.8. The Morgan fingerprint density at radius 2 is 1.68 bits per heavy atom. The van der Waals surface area contributed by atoms with Gasteiger partial charge in [-0.15, -0.1) is 0 Å². The molecule has 2 rings (SSSR count). The van der Waals surface area contributed by atoms with Gasteiger partial charge < -0.3 is 9.90 Å². The van der Waals surface area contributed by atoms with E-state index in [0.29, 0.717) is 18.6 Å². The number of carbonyl (C=O) groups excluding carboxylic acids is 1. The first-order valence-corrected chi connectivity index (χ1v) is 8.66. The molecule has 5 heteroatoms. The number of rotatable bonds is 1. The van der Waals surface area contributed by atoms with E-state index in [2.05, 4.69) is 44.4 Å². The van der Waals surface area contributed by atoms with Crippen LogP contribution in [-0.4, -0.2) is 70.8 Å². The number of hydrogen-bond acceptors (Lipinski definition) is 4. The number of piperidine rings is 1. The molecule has 1 amide bonds. The molecule has 2 aliphatic heterocycles. The smallest absolute Gasteiger partial charge is 0.258 e. The summed E-state index contributed by atoms with van der Waals surface area (Å²) in [6, 6.07) is 0.728. The predicted molar refractivity (Wildman–Crippen MR) is 86.2 cm³/mol. The summed E-state index contributed by atoms with van der Waals surface area (Å²) in [7, 11) is 1.84.